The van der Waals surface area contributed by atoms with Gasteiger partial charge < -0.3 is 10.1 Å². The van der Waals surface area contributed by atoms with E-state index in [1.807, 2.05) is 6.92 Å². The Labute approximate surface area is 110 Å². The number of thiazole rings is 1. The molecular formula is C12H16N4OS. The molecule has 0 aliphatic rings. The second-order valence-corrected chi connectivity index (χ2v) is 4.53. The molecule has 5 nitrogen and oxygen atoms in total. The predicted molar refractivity (Wildman–Crippen MR) is 72.0 cm³/mol. The molecule has 0 saturated heterocycles. The molecule has 0 radical (unpaired) electrons. The Morgan fingerprint density at radius 3 is 2.83 bits per heavy atom. The van der Waals surface area contributed by atoms with Crippen LogP contribution in [0.4, 0.5) is 5.82 Å². The molecule has 0 atom stereocenters. The van der Waals surface area contributed by atoms with Crippen LogP contribution in [0, 0.1) is 0 Å². The highest BCUT2D eigenvalue weighted by atomic mass is 32.1. The summed E-state index contributed by atoms with van der Waals surface area (Å²) in [5, 5.41) is 6.40. The summed E-state index contributed by atoms with van der Waals surface area (Å²) >= 11 is 1.68. The van der Waals surface area contributed by atoms with Gasteiger partial charge in [0.2, 0.25) is 0 Å². The average molecular weight is 264 g/mol. The van der Waals surface area contributed by atoms with Gasteiger partial charge in [0, 0.05) is 17.8 Å². The van der Waals surface area contributed by atoms with Crippen molar-refractivity contribution in [3.05, 3.63) is 28.5 Å². The molecule has 0 aromatic carbocycles. The summed E-state index contributed by atoms with van der Waals surface area (Å²) < 4.78 is 5.40. The number of ether oxygens (including phenoxy) is 1. The molecule has 6 heteroatoms. The Balaban J connectivity index is 2.01. The molecule has 0 aliphatic carbocycles. The van der Waals surface area contributed by atoms with Crippen molar-refractivity contribution < 1.29 is 4.74 Å². The minimum absolute atomic E-state index is 0.533. The van der Waals surface area contributed by atoms with Crippen molar-refractivity contribution in [2.24, 2.45) is 0 Å². The second-order valence-electron chi connectivity index (χ2n) is 3.58. The average Bonchev–Trinajstić information content (AvgIpc) is 2.86. The Morgan fingerprint density at radius 2 is 2.11 bits per heavy atom. The molecular weight excluding hydrogens is 248 g/mol. The number of hydrogen-bond donors (Lipinski definition) is 1. The van der Waals surface area contributed by atoms with Gasteiger partial charge in [-0.25, -0.2) is 15.0 Å². The van der Waals surface area contributed by atoms with Crippen LogP contribution in [0.5, 0.6) is 5.88 Å². The lowest BCUT2D eigenvalue weighted by Crippen LogP contribution is -2.06. The third kappa shape index (κ3) is 3.16. The van der Waals surface area contributed by atoms with Crippen molar-refractivity contribution in [3.8, 4) is 5.88 Å². The second kappa shape index (κ2) is 6.30. The Morgan fingerprint density at radius 1 is 1.28 bits per heavy atom. The lowest BCUT2D eigenvalue weighted by Gasteiger charge is -2.08. The highest BCUT2D eigenvalue weighted by Gasteiger charge is 2.06. The third-order valence-electron chi connectivity index (χ3n) is 2.28. The first kappa shape index (κ1) is 12.8. The van der Waals surface area contributed by atoms with Gasteiger partial charge in [0.1, 0.15) is 0 Å². The number of nitrogens with zero attached hydrogens (tertiary/aromatic N) is 3. The smallest absolute Gasteiger partial charge is 0.257 e. The first-order valence-electron chi connectivity index (χ1n) is 5.94. The van der Waals surface area contributed by atoms with Crippen LogP contribution in [0.15, 0.2) is 17.8 Å². The highest BCUT2D eigenvalue weighted by molar-refractivity contribution is 7.09. The number of aryl methyl sites for hydroxylation is 1. The normalized spacial score (nSPS) is 10.3. The molecule has 2 aromatic heterocycles. The zero-order chi connectivity index (χ0) is 12.8. The van der Waals surface area contributed by atoms with E-state index in [2.05, 4.69) is 32.6 Å². The summed E-state index contributed by atoms with van der Waals surface area (Å²) in [5.41, 5.74) is 1.02. The first-order valence-corrected chi connectivity index (χ1v) is 6.82. The van der Waals surface area contributed by atoms with Crippen LogP contribution in [0.25, 0.3) is 0 Å². The minimum Gasteiger partial charge on any atom is -0.475 e. The molecule has 0 bridgehead atoms. The Bertz CT molecular complexity index is 500. The summed E-state index contributed by atoms with van der Waals surface area (Å²) in [5.74, 6) is 1.19. The molecule has 0 saturated carbocycles. The maximum Gasteiger partial charge on any atom is 0.257 e. The van der Waals surface area contributed by atoms with Gasteiger partial charge in [-0.15, -0.1) is 11.3 Å². The van der Waals surface area contributed by atoms with Gasteiger partial charge in [0.05, 0.1) is 23.9 Å². The number of hydrogen-bond acceptors (Lipinski definition) is 6. The zero-order valence-corrected chi connectivity index (χ0v) is 11.3. The molecule has 18 heavy (non-hydrogen) atoms. The molecule has 0 amide bonds. The van der Waals surface area contributed by atoms with Crippen molar-refractivity contribution in [2.75, 3.05) is 11.9 Å². The SMILES string of the molecule is CCOc1nccnc1NCc1csc(CC)n1. The van der Waals surface area contributed by atoms with Crippen LogP contribution >= 0.6 is 11.3 Å². The first-order chi connectivity index (χ1) is 8.83. The van der Waals surface area contributed by atoms with Gasteiger partial charge in [-0.05, 0) is 13.3 Å². The summed E-state index contributed by atoms with van der Waals surface area (Å²) in [6.07, 6.45) is 4.23. The van der Waals surface area contributed by atoms with Crippen LogP contribution in [0.2, 0.25) is 0 Å². The monoisotopic (exact) mass is 264 g/mol. The van der Waals surface area contributed by atoms with Gasteiger partial charge >= 0.3 is 0 Å². The summed E-state index contributed by atoms with van der Waals surface area (Å²) in [6.45, 7) is 5.23. The largest absolute Gasteiger partial charge is 0.475 e. The maximum absolute atomic E-state index is 5.40. The van der Waals surface area contributed by atoms with Crippen molar-refractivity contribution >= 4 is 17.2 Å². The fourth-order valence-electron chi connectivity index (χ4n) is 1.46. The predicted octanol–water partition coefficient (Wildman–Crippen LogP) is 2.51. The van der Waals surface area contributed by atoms with Crippen molar-refractivity contribution in [1.29, 1.82) is 0 Å². The van der Waals surface area contributed by atoms with Crippen LogP contribution in [-0.2, 0) is 13.0 Å². The number of aromatic nitrogens is 3. The van der Waals surface area contributed by atoms with Crippen molar-refractivity contribution in [1.82, 2.24) is 15.0 Å². The van der Waals surface area contributed by atoms with Gasteiger partial charge in [0.15, 0.2) is 5.82 Å². The van der Waals surface area contributed by atoms with Crippen LogP contribution in [-0.4, -0.2) is 21.6 Å². The van der Waals surface area contributed by atoms with E-state index in [1.165, 1.54) is 0 Å². The van der Waals surface area contributed by atoms with Gasteiger partial charge in [-0.1, -0.05) is 6.92 Å². The summed E-state index contributed by atoms with van der Waals surface area (Å²) in [4.78, 5) is 12.8. The molecule has 0 fully saturated rings. The molecule has 96 valence electrons. The molecule has 0 spiro atoms. The van der Waals surface area contributed by atoms with Crippen LogP contribution in [0.3, 0.4) is 0 Å². The van der Waals surface area contributed by atoms with Crippen molar-refractivity contribution in [3.63, 3.8) is 0 Å². The number of nitrogens with one attached hydrogen (secondary N) is 1. The summed E-state index contributed by atoms with van der Waals surface area (Å²) in [6, 6.07) is 0. The van der Waals surface area contributed by atoms with E-state index in [-0.39, 0.29) is 0 Å². The maximum atomic E-state index is 5.40. The molecule has 2 aromatic rings. The third-order valence-corrected chi connectivity index (χ3v) is 3.33. The minimum atomic E-state index is 0.533. The van der Waals surface area contributed by atoms with E-state index in [4.69, 9.17) is 4.74 Å². The van der Waals surface area contributed by atoms with Gasteiger partial charge in [0.25, 0.3) is 5.88 Å². The molecule has 0 unspecified atom stereocenters. The molecule has 2 heterocycles. The lowest BCUT2D eigenvalue weighted by molar-refractivity contribution is 0.327. The van der Waals surface area contributed by atoms with E-state index < -0.39 is 0 Å². The van der Waals surface area contributed by atoms with Crippen molar-refractivity contribution in [2.45, 2.75) is 26.8 Å². The molecule has 2 rings (SSSR count). The number of rotatable bonds is 6. The quantitative estimate of drug-likeness (QED) is 0.868. The Kier molecular flexibility index (Phi) is 4.46. The highest BCUT2D eigenvalue weighted by Crippen LogP contribution is 2.18. The molecule has 1 N–H and O–H groups in total. The van der Waals surface area contributed by atoms with Gasteiger partial charge in [-0.3, -0.25) is 0 Å². The van der Waals surface area contributed by atoms with E-state index >= 15 is 0 Å². The fraction of sp³-hybridized carbons (Fsp3) is 0.417. The van der Waals surface area contributed by atoms with E-state index in [0.29, 0.717) is 24.8 Å². The van der Waals surface area contributed by atoms with E-state index in [9.17, 15) is 0 Å². The lowest BCUT2D eigenvalue weighted by atomic mass is 10.4. The molecule has 0 aliphatic heterocycles. The van der Waals surface area contributed by atoms with Gasteiger partial charge in [-0.2, -0.15) is 0 Å². The van der Waals surface area contributed by atoms with Crippen LogP contribution < -0.4 is 10.1 Å². The fourth-order valence-corrected chi connectivity index (χ4v) is 2.20. The Hall–Kier alpha value is -1.69. The zero-order valence-electron chi connectivity index (χ0n) is 10.5. The summed E-state index contributed by atoms with van der Waals surface area (Å²) in [7, 11) is 0. The van der Waals surface area contributed by atoms with E-state index in [1.54, 1.807) is 23.7 Å². The number of anilines is 1. The standard InChI is InChI=1S/C12H16N4OS/c1-3-10-16-9(8-18-10)7-15-11-12(17-4-2)14-6-5-13-11/h5-6,8H,3-4,7H2,1-2H3,(H,13,15). The van der Waals surface area contributed by atoms with Crippen LogP contribution in [0.1, 0.15) is 24.5 Å². The van der Waals surface area contributed by atoms with E-state index in [0.717, 1.165) is 17.1 Å². The topological polar surface area (TPSA) is 59.9 Å².